The van der Waals surface area contributed by atoms with Gasteiger partial charge in [-0.1, -0.05) is 0 Å². The van der Waals surface area contributed by atoms with E-state index in [-0.39, 0.29) is 10.9 Å². The molecule has 0 aliphatic carbocycles. The molecule has 0 aliphatic heterocycles. The fourth-order valence-corrected chi connectivity index (χ4v) is 1.63. The molecular formula is C10H5N3O7. The first-order valence-electron chi connectivity index (χ1n) is 5.04. The molecule has 0 radical (unpaired) electrons. The fourth-order valence-electron chi connectivity index (χ4n) is 1.63. The molecule has 10 heteroatoms. The van der Waals surface area contributed by atoms with Crippen molar-refractivity contribution in [2.24, 2.45) is 0 Å². The molecule has 0 unspecified atom stereocenters. The molecule has 1 heterocycles. The predicted molar refractivity (Wildman–Crippen MR) is 65.8 cm³/mol. The number of hydrogen-bond donors (Lipinski definition) is 2. The van der Waals surface area contributed by atoms with Crippen LogP contribution in [0.3, 0.4) is 0 Å². The van der Waals surface area contributed by atoms with Crippen molar-refractivity contribution in [2.45, 2.75) is 0 Å². The highest BCUT2D eigenvalue weighted by Gasteiger charge is 2.25. The van der Waals surface area contributed by atoms with Crippen molar-refractivity contribution in [3.8, 4) is 5.75 Å². The van der Waals surface area contributed by atoms with E-state index in [1.807, 2.05) is 0 Å². The van der Waals surface area contributed by atoms with Gasteiger partial charge in [0.1, 0.15) is 0 Å². The van der Waals surface area contributed by atoms with E-state index in [0.717, 1.165) is 0 Å². The van der Waals surface area contributed by atoms with E-state index >= 15 is 0 Å². The van der Waals surface area contributed by atoms with Crippen molar-refractivity contribution in [3.63, 3.8) is 0 Å². The minimum Gasteiger partial charge on any atom is -0.503 e. The highest BCUT2D eigenvalue weighted by Crippen LogP contribution is 2.29. The molecule has 0 saturated heterocycles. The van der Waals surface area contributed by atoms with Gasteiger partial charge in [-0.05, 0) is 0 Å². The quantitative estimate of drug-likeness (QED) is 0.595. The van der Waals surface area contributed by atoms with Crippen LogP contribution in [0.2, 0.25) is 0 Å². The maximum Gasteiger partial charge on any atom is 0.348 e. The van der Waals surface area contributed by atoms with Gasteiger partial charge >= 0.3 is 11.4 Å². The largest absolute Gasteiger partial charge is 0.503 e. The third kappa shape index (κ3) is 2.05. The second-order valence-corrected chi connectivity index (χ2v) is 3.75. The van der Waals surface area contributed by atoms with E-state index in [4.69, 9.17) is 0 Å². The Bertz CT molecular complexity index is 871. The first-order valence-corrected chi connectivity index (χ1v) is 5.04. The molecule has 102 valence electrons. The lowest BCUT2D eigenvalue weighted by molar-refractivity contribution is -0.422. The number of nitro groups is 2. The number of rotatable bonds is 2. The fraction of sp³-hybridized carbons (Fsp3) is 0. The number of H-pyrrole nitrogens is 1. The summed E-state index contributed by atoms with van der Waals surface area (Å²) in [5, 5.41) is 30.4. The van der Waals surface area contributed by atoms with E-state index in [2.05, 4.69) is 4.98 Å². The first-order chi connectivity index (χ1) is 9.31. The monoisotopic (exact) mass is 279 g/mol. The normalized spacial score (nSPS) is 10.4. The van der Waals surface area contributed by atoms with Crippen LogP contribution in [0.5, 0.6) is 5.75 Å². The molecule has 10 nitrogen and oxygen atoms in total. The highest BCUT2D eigenvalue weighted by atomic mass is 16.6. The maximum absolute atomic E-state index is 11.7. The second-order valence-electron chi connectivity index (χ2n) is 3.75. The van der Waals surface area contributed by atoms with Crippen LogP contribution in [-0.4, -0.2) is 19.9 Å². The summed E-state index contributed by atoms with van der Waals surface area (Å²) in [7, 11) is 0. The average Bonchev–Trinajstić information content (AvgIpc) is 2.46. The minimum absolute atomic E-state index is 0.280. The number of benzene rings is 1. The number of aromatic nitrogens is 1. The zero-order valence-electron chi connectivity index (χ0n) is 9.52. The van der Waals surface area contributed by atoms with E-state index < -0.39 is 38.0 Å². The van der Waals surface area contributed by atoms with Crippen molar-refractivity contribution in [3.05, 3.63) is 59.0 Å². The highest BCUT2D eigenvalue weighted by molar-refractivity contribution is 5.84. The van der Waals surface area contributed by atoms with Gasteiger partial charge in [-0.25, -0.2) is 0 Å². The van der Waals surface area contributed by atoms with Crippen LogP contribution < -0.4 is 11.0 Å². The van der Waals surface area contributed by atoms with Gasteiger partial charge in [-0.2, -0.15) is 0 Å². The number of aromatic hydroxyl groups is 1. The summed E-state index contributed by atoms with van der Waals surface area (Å²) in [5.41, 5.74) is -3.96. The maximum atomic E-state index is 11.7. The van der Waals surface area contributed by atoms with E-state index in [1.165, 1.54) is 0 Å². The summed E-state index contributed by atoms with van der Waals surface area (Å²) in [6.45, 7) is 0. The smallest absolute Gasteiger partial charge is 0.348 e. The van der Waals surface area contributed by atoms with Crippen LogP contribution in [0.25, 0.3) is 10.9 Å². The summed E-state index contributed by atoms with van der Waals surface area (Å²) in [5.74, 6) is -0.892. The van der Waals surface area contributed by atoms with Crippen LogP contribution in [0, 0.1) is 20.2 Å². The van der Waals surface area contributed by atoms with Gasteiger partial charge in [-0.3, -0.25) is 29.8 Å². The average molecular weight is 279 g/mol. The zero-order valence-corrected chi connectivity index (χ0v) is 9.52. The number of hydrogen-bond acceptors (Lipinski definition) is 7. The Labute approximate surface area is 108 Å². The van der Waals surface area contributed by atoms with Gasteiger partial charge in [0, 0.05) is 18.2 Å². The van der Waals surface area contributed by atoms with Crippen molar-refractivity contribution in [1.82, 2.24) is 4.98 Å². The molecule has 0 fully saturated rings. The molecule has 0 aliphatic rings. The topological polar surface area (TPSA) is 156 Å². The molecule has 2 rings (SSSR count). The predicted octanol–water partition coefficient (Wildman–Crippen LogP) is 0.410. The van der Waals surface area contributed by atoms with Gasteiger partial charge in [0.2, 0.25) is 0 Å². The van der Waals surface area contributed by atoms with Crippen LogP contribution >= 0.6 is 0 Å². The lowest BCUT2D eigenvalue weighted by Crippen LogP contribution is -2.02. The number of nitrogens with one attached hydrogen (secondary N) is 1. The Morgan fingerprint density at radius 3 is 2.10 bits per heavy atom. The lowest BCUT2D eigenvalue weighted by Gasteiger charge is -1.96. The Balaban J connectivity index is 3.07. The number of nitro benzene ring substituents is 2. The van der Waals surface area contributed by atoms with Gasteiger partial charge in [0.05, 0.1) is 20.7 Å². The third-order valence-electron chi connectivity index (χ3n) is 2.52. The Morgan fingerprint density at radius 1 is 1.00 bits per heavy atom. The first kappa shape index (κ1) is 13.1. The van der Waals surface area contributed by atoms with Crippen molar-refractivity contribution in [1.29, 1.82) is 0 Å². The van der Waals surface area contributed by atoms with Crippen LogP contribution in [0.15, 0.2) is 27.8 Å². The lowest BCUT2D eigenvalue weighted by atomic mass is 10.2. The van der Waals surface area contributed by atoms with Gasteiger partial charge < -0.3 is 10.1 Å². The van der Waals surface area contributed by atoms with Crippen molar-refractivity contribution >= 4 is 22.3 Å². The van der Waals surface area contributed by atoms with Crippen LogP contribution in [-0.2, 0) is 0 Å². The van der Waals surface area contributed by atoms with Crippen LogP contribution in [0.4, 0.5) is 11.4 Å². The summed E-state index contributed by atoms with van der Waals surface area (Å²) in [4.78, 5) is 44.6. The summed E-state index contributed by atoms with van der Waals surface area (Å²) >= 11 is 0. The van der Waals surface area contributed by atoms with Crippen molar-refractivity contribution in [2.75, 3.05) is 0 Å². The molecule has 2 aromatic rings. The molecule has 1 aromatic carbocycles. The molecule has 0 atom stereocenters. The second kappa shape index (κ2) is 4.42. The van der Waals surface area contributed by atoms with Crippen LogP contribution in [0.1, 0.15) is 0 Å². The Kier molecular flexibility index (Phi) is 2.90. The molecule has 0 saturated carbocycles. The third-order valence-corrected chi connectivity index (χ3v) is 2.52. The van der Waals surface area contributed by atoms with E-state index in [9.17, 15) is 34.9 Å². The molecule has 0 amide bonds. The molecular weight excluding hydrogens is 274 g/mol. The SMILES string of the molecule is O=c1[nH]c2cc([N+](=O)[O-])c([N+](=O)[O-])cc2c(=O)cc1O. The number of aromatic amines is 1. The van der Waals surface area contributed by atoms with Crippen molar-refractivity contribution < 1.29 is 15.0 Å². The standard InChI is InChI=1S/C10H5N3O7/c14-8-3-9(15)10(16)11-5-2-7(13(19)20)6(12(17)18)1-4(5)8/h1-3,15H,(H,11,16). The Hall–Kier alpha value is -3.30. The zero-order chi connectivity index (χ0) is 15.0. The molecule has 0 bridgehead atoms. The molecule has 2 N–H and O–H groups in total. The number of nitrogens with zero attached hydrogens (tertiary/aromatic N) is 2. The van der Waals surface area contributed by atoms with Gasteiger partial charge in [0.25, 0.3) is 5.56 Å². The molecule has 20 heavy (non-hydrogen) atoms. The minimum atomic E-state index is -1.04. The number of fused-ring (bicyclic) bond motifs is 1. The molecule has 0 spiro atoms. The summed E-state index contributed by atoms with van der Waals surface area (Å²) < 4.78 is 0. The van der Waals surface area contributed by atoms with Gasteiger partial charge in [-0.15, -0.1) is 0 Å². The summed E-state index contributed by atoms with van der Waals surface area (Å²) in [6.07, 6.45) is 0. The molecule has 1 aromatic heterocycles. The van der Waals surface area contributed by atoms with E-state index in [1.54, 1.807) is 0 Å². The van der Waals surface area contributed by atoms with E-state index in [0.29, 0.717) is 18.2 Å². The van der Waals surface area contributed by atoms with Gasteiger partial charge in [0.15, 0.2) is 11.2 Å². The Morgan fingerprint density at radius 2 is 1.55 bits per heavy atom. The summed E-state index contributed by atoms with van der Waals surface area (Å²) in [6, 6.07) is 1.97.